The van der Waals surface area contributed by atoms with Crippen LogP contribution in [0.25, 0.3) is 28.9 Å². The second kappa shape index (κ2) is 5.83. The second-order valence-corrected chi connectivity index (χ2v) is 13.4. The van der Waals surface area contributed by atoms with Gasteiger partial charge < -0.3 is 0 Å². The van der Waals surface area contributed by atoms with Crippen LogP contribution in [0.15, 0.2) is 24.3 Å². The fourth-order valence-corrected chi connectivity index (χ4v) is 6.26. The normalized spacial score (nSPS) is 19.7. The summed E-state index contributed by atoms with van der Waals surface area (Å²) in [5, 5.41) is 2.90. The first-order valence-electron chi connectivity index (χ1n) is 11.9. The number of fused-ring (bicyclic) bond motifs is 5. The topological polar surface area (TPSA) is 0 Å². The van der Waals surface area contributed by atoms with Crippen molar-refractivity contribution in [3.8, 4) is 11.1 Å². The van der Waals surface area contributed by atoms with Gasteiger partial charge in [-0.1, -0.05) is 93.5 Å². The predicted molar refractivity (Wildman–Crippen MR) is 136 cm³/mol. The number of hydrogen-bond donors (Lipinski definition) is 0. The van der Waals surface area contributed by atoms with Crippen LogP contribution in [0.3, 0.4) is 0 Å². The highest BCUT2D eigenvalue weighted by Crippen LogP contribution is 2.51. The lowest BCUT2D eigenvalue weighted by Crippen LogP contribution is -2.34. The zero-order chi connectivity index (χ0) is 22.7. The summed E-state index contributed by atoms with van der Waals surface area (Å²) in [5.74, 6) is 0. The molecule has 0 heteroatoms. The van der Waals surface area contributed by atoms with Crippen LogP contribution in [0.2, 0.25) is 0 Å². The van der Waals surface area contributed by atoms with Gasteiger partial charge in [-0.25, -0.2) is 0 Å². The van der Waals surface area contributed by atoms with Gasteiger partial charge in [-0.2, -0.15) is 0 Å². The highest BCUT2D eigenvalue weighted by molar-refractivity contribution is 5.87. The molecular formula is C31H38. The second-order valence-electron chi connectivity index (χ2n) is 13.4. The van der Waals surface area contributed by atoms with E-state index in [4.69, 9.17) is 0 Å². The Morgan fingerprint density at radius 3 is 2.00 bits per heavy atom. The van der Waals surface area contributed by atoms with Crippen LogP contribution in [0, 0.1) is 10.8 Å². The predicted octanol–water partition coefficient (Wildman–Crippen LogP) is 6.88. The zero-order valence-corrected chi connectivity index (χ0v) is 21.2. The van der Waals surface area contributed by atoms with Crippen molar-refractivity contribution >= 4 is 17.7 Å². The van der Waals surface area contributed by atoms with Gasteiger partial charge in [-0.05, 0) is 84.3 Å². The summed E-state index contributed by atoms with van der Waals surface area (Å²) < 4.78 is 0. The van der Waals surface area contributed by atoms with Gasteiger partial charge >= 0.3 is 0 Å². The van der Waals surface area contributed by atoms with Crippen molar-refractivity contribution in [3.63, 3.8) is 0 Å². The van der Waals surface area contributed by atoms with E-state index < -0.39 is 0 Å². The maximum absolute atomic E-state index is 2.54. The Balaban J connectivity index is 1.80. The first kappa shape index (κ1) is 20.8. The average molecular weight is 411 g/mol. The lowest BCUT2D eigenvalue weighted by molar-refractivity contribution is 0.565. The third kappa shape index (κ3) is 3.01. The molecule has 0 amide bonds. The minimum absolute atomic E-state index is 0.0845. The molecule has 0 spiro atoms. The van der Waals surface area contributed by atoms with Gasteiger partial charge in [0.1, 0.15) is 0 Å². The van der Waals surface area contributed by atoms with Crippen molar-refractivity contribution in [2.24, 2.45) is 10.8 Å². The molecule has 0 saturated carbocycles. The van der Waals surface area contributed by atoms with Crippen LogP contribution in [-0.2, 0) is 17.3 Å². The number of benzene rings is 2. The van der Waals surface area contributed by atoms with Crippen LogP contribution in [0.1, 0.15) is 97.1 Å². The number of rotatable bonds is 0. The van der Waals surface area contributed by atoms with Crippen LogP contribution >= 0.6 is 0 Å². The Bertz CT molecular complexity index is 1290. The van der Waals surface area contributed by atoms with Gasteiger partial charge in [-0.15, -0.1) is 0 Å². The molecule has 0 fully saturated rings. The van der Waals surface area contributed by atoms with Gasteiger partial charge in [0.15, 0.2) is 0 Å². The van der Waals surface area contributed by atoms with Crippen LogP contribution in [0.5, 0.6) is 0 Å². The molecule has 0 nitrogen and oxygen atoms in total. The fourth-order valence-electron chi connectivity index (χ4n) is 6.26. The summed E-state index contributed by atoms with van der Waals surface area (Å²) in [5.41, 5.74) is 12.6. The molecule has 0 saturated heterocycles. The summed E-state index contributed by atoms with van der Waals surface area (Å²) in [4.78, 5) is 0. The largest absolute Gasteiger partial charge is 0.0701 e. The minimum Gasteiger partial charge on any atom is -0.0701 e. The smallest absolute Gasteiger partial charge is 0.00877 e. The van der Waals surface area contributed by atoms with E-state index in [0.717, 1.165) is 6.42 Å². The number of allylic oxidation sites excluding steroid dienone is 2. The third-order valence-electron chi connectivity index (χ3n) is 7.50. The minimum atomic E-state index is 0.0845. The quantitative estimate of drug-likeness (QED) is 0.379. The van der Waals surface area contributed by atoms with E-state index in [-0.39, 0.29) is 21.7 Å². The van der Waals surface area contributed by atoms with E-state index in [1.165, 1.54) is 43.8 Å². The SMILES string of the molecule is CC1(C)C=c2cc3c(c(C(C)(C)C)c2=C1)Cc1cc2c(cc1-3)C(C)(C)C=C2C(C)(C)C. The fraction of sp³-hybridized carbons (Fsp3) is 0.484. The first-order chi connectivity index (χ1) is 14.1. The molecular weight excluding hydrogens is 372 g/mol. The number of hydrogen-bond acceptors (Lipinski definition) is 0. The lowest BCUT2D eigenvalue weighted by atomic mass is 9.80. The van der Waals surface area contributed by atoms with Gasteiger partial charge in [0.05, 0.1) is 0 Å². The van der Waals surface area contributed by atoms with E-state index >= 15 is 0 Å². The Labute approximate surface area is 188 Å². The van der Waals surface area contributed by atoms with Crippen LogP contribution in [-0.4, -0.2) is 0 Å². The van der Waals surface area contributed by atoms with E-state index in [9.17, 15) is 0 Å². The van der Waals surface area contributed by atoms with E-state index in [1.807, 2.05) is 0 Å². The highest BCUT2D eigenvalue weighted by Gasteiger charge is 2.37. The molecule has 0 atom stereocenters. The standard InChI is InChI=1S/C31H38/c1-28(2,3)26-17-31(9,10)25-14-20-18(12-23(25)26)11-22-21(20)13-19-15-30(7,8)16-24(19)27(22)29(4,5)6/h12-17H,11H2,1-10H3. The Hall–Kier alpha value is -2.08. The molecule has 0 heterocycles. The van der Waals surface area contributed by atoms with Crippen molar-refractivity contribution in [1.82, 2.24) is 0 Å². The van der Waals surface area contributed by atoms with E-state index in [0.29, 0.717) is 0 Å². The zero-order valence-electron chi connectivity index (χ0n) is 21.2. The maximum Gasteiger partial charge on any atom is 0.00877 e. The third-order valence-corrected chi connectivity index (χ3v) is 7.50. The summed E-state index contributed by atoms with van der Waals surface area (Å²) in [7, 11) is 0. The molecule has 31 heavy (non-hydrogen) atoms. The molecule has 0 unspecified atom stereocenters. The molecule has 0 aromatic heterocycles. The summed E-state index contributed by atoms with van der Waals surface area (Å²) in [6.45, 7) is 23.6. The Morgan fingerprint density at radius 2 is 1.39 bits per heavy atom. The van der Waals surface area contributed by atoms with Crippen molar-refractivity contribution in [3.05, 3.63) is 62.5 Å². The van der Waals surface area contributed by atoms with Crippen molar-refractivity contribution in [2.75, 3.05) is 0 Å². The molecule has 0 aliphatic heterocycles. The molecule has 0 N–H and O–H groups in total. The average Bonchev–Trinajstić information content (AvgIpc) is 3.17. The lowest BCUT2D eigenvalue weighted by Gasteiger charge is -2.24. The molecule has 162 valence electrons. The van der Waals surface area contributed by atoms with Gasteiger partial charge in [-0.3, -0.25) is 0 Å². The van der Waals surface area contributed by atoms with Crippen LogP contribution in [0.4, 0.5) is 0 Å². The summed E-state index contributed by atoms with van der Waals surface area (Å²) in [6.07, 6.45) is 8.54. The highest BCUT2D eigenvalue weighted by atomic mass is 14.4. The maximum atomic E-state index is 2.54. The molecule has 2 aromatic carbocycles. The van der Waals surface area contributed by atoms with Crippen LogP contribution < -0.4 is 10.4 Å². The molecule has 0 bridgehead atoms. The molecule has 5 rings (SSSR count). The molecule has 2 aromatic rings. The van der Waals surface area contributed by atoms with Crippen molar-refractivity contribution < 1.29 is 0 Å². The van der Waals surface area contributed by atoms with Gasteiger partial charge in [0.2, 0.25) is 0 Å². The first-order valence-corrected chi connectivity index (χ1v) is 11.9. The summed E-state index contributed by atoms with van der Waals surface area (Å²) in [6, 6.07) is 7.56. The monoisotopic (exact) mass is 410 g/mol. The Morgan fingerprint density at radius 1 is 0.710 bits per heavy atom. The van der Waals surface area contributed by atoms with Crippen molar-refractivity contribution in [1.29, 1.82) is 0 Å². The molecule has 3 aliphatic carbocycles. The molecule has 0 radical (unpaired) electrons. The van der Waals surface area contributed by atoms with E-state index in [2.05, 4.69) is 106 Å². The van der Waals surface area contributed by atoms with Gasteiger partial charge in [0, 0.05) is 10.8 Å². The van der Waals surface area contributed by atoms with Gasteiger partial charge in [0.25, 0.3) is 0 Å². The van der Waals surface area contributed by atoms with Crippen molar-refractivity contribution in [2.45, 2.75) is 86.5 Å². The summed E-state index contributed by atoms with van der Waals surface area (Å²) >= 11 is 0. The van der Waals surface area contributed by atoms with E-state index in [1.54, 1.807) is 11.1 Å². The molecule has 3 aliphatic rings. The Kier molecular flexibility index (Phi) is 3.91.